The molecule has 60 heavy (non-hydrogen) atoms. The van der Waals surface area contributed by atoms with Gasteiger partial charge in [-0.15, -0.1) is 0 Å². The molecule has 0 saturated heterocycles. The largest absolute Gasteiger partial charge is 0.493 e. The highest BCUT2D eigenvalue weighted by molar-refractivity contribution is 6.14. The molecular weight excluding hydrogens is 759 g/mol. The van der Waals surface area contributed by atoms with Crippen LogP contribution < -0.4 is 28.7 Å². The van der Waals surface area contributed by atoms with Gasteiger partial charge in [0.05, 0.1) is 42.9 Å². The Labute approximate surface area is 348 Å². The van der Waals surface area contributed by atoms with E-state index in [1.807, 2.05) is 72.8 Å². The van der Waals surface area contributed by atoms with Crippen LogP contribution in [0, 0.1) is 0 Å². The molecule has 9 rings (SSSR count). The van der Waals surface area contributed by atoms with Crippen LogP contribution in [0.1, 0.15) is 64.7 Å². The van der Waals surface area contributed by atoms with Crippen LogP contribution in [0.2, 0.25) is 0 Å². The van der Waals surface area contributed by atoms with Gasteiger partial charge in [-0.1, -0.05) is 36.9 Å². The topological polar surface area (TPSA) is 126 Å². The Bertz CT molecular complexity index is 2620. The molecule has 0 spiro atoms. The summed E-state index contributed by atoms with van der Waals surface area (Å²) in [6.07, 6.45) is 10.2. The summed E-state index contributed by atoms with van der Waals surface area (Å²) in [5.74, 6) is 4.25. The van der Waals surface area contributed by atoms with Gasteiger partial charge < -0.3 is 33.9 Å². The molecule has 12 nitrogen and oxygen atoms in total. The van der Waals surface area contributed by atoms with Gasteiger partial charge in [-0.3, -0.25) is 19.5 Å². The minimum Gasteiger partial charge on any atom is -0.493 e. The number of para-hydroxylation sites is 1. The first kappa shape index (κ1) is 38.5. The molecule has 0 radical (unpaired) electrons. The zero-order chi connectivity index (χ0) is 41.5. The standard InChI is InChI=1S/C48H45N5O7/c1-29-37-21-43(57-3)45(23-39(37)49-25-35-19-32-10-5-7-12-41(32)52(29)35)59-27-30-16-31(18-34(17-30)51(2)15-9-14-47(54)55)28-60-46-24-40-38(22-44(46)58-4)48(56)53-36(26-50-40)20-33-11-6-8-13-42(33)53/h5-6,8,10-11,13,16-18,21-24,26,36H,1,7,9,12,14-15,19-20,27-28H2,2-4H3,(H,54,55). The van der Waals surface area contributed by atoms with Gasteiger partial charge in [0, 0.05) is 85.4 Å². The molecule has 1 unspecified atom stereocenters. The first-order valence-electron chi connectivity index (χ1n) is 20.1. The molecule has 12 heteroatoms. The lowest BCUT2D eigenvalue weighted by Crippen LogP contribution is -2.37. The molecule has 0 saturated carbocycles. The molecule has 5 aliphatic rings. The van der Waals surface area contributed by atoms with Crippen LogP contribution in [0.15, 0.2) is 112 Å². The fourth-order valence-electron chi connectivity index (χ4n) is 8.58. The number of hydrogen-bond acceptors (Lipinski definition) is 10. The quantitative estimate of drug-likeness (QED) is 0.141. The van der Waals surface area contributed by atoms with E-state index in [-0.39, 0.29) is 31.6 Å². The number of methoxy groups -OCH3 is 2. The number of ether oxygens (including phenoxy) is 4. The van der Waals surface area contributed by atoms with E-state index < -0.39 is 5.97 Å². The summed E-state index contributed by atoms with van der Waals surface area (Å²) in [7, 11) is 5.10. The van der Waals surface area contributed by atoms with E-state index in [4.69, 9.17) is 28.9 Å². The summed E-state index contributed by atoms with van der Waals surface area (Å²) in [6.45, 7) is 5.37. The minimum absolute atomic E-state index is 0.0640. The van der Waals surface area contributed by atoms with Crippen molar-refractivity contribution in [1.82, 2.24) is 4.90 Å². The molecule has 1 N–H and O–H groups in total. The number of aliphatic carboxylic acids is 1. The second-order valence-corrected chi connectivity index (χ2v) is 15.4. The highest BCUT2D eigenvalue weighted by Gasteiger charge is 2.37. The molecule has 0 aromatic heterocycles. The summed E-state index contributed by atoms with van der Waals surface area (Å²) >= 11 is 0. The molecular formula is C48H45N5O7. The van der Waals surface area contributed by atoms with Crippen molar-refractivity contribution in [3.8, 4) is 23.0 Å². The Hall–Kier alpha value is -7.04. The van der Waals surface area contributed by atoms with Gasteiger partial charge in [-0.25, -0.2) is 4.99 Å². The normalized spacial score (nSPS) is 16.9. The number of carboxylic acids is 1. The number of amides is 1. The molecule has 304 valence electrons. The van der Waals surface area contributed by atoms with Gasteiger partial charge in [0.2, 0.25) is 0 Å². The Morgan fingerprint density at radius 2 is 1.67 bits per heavy atom. The van der Waals surface area contributed by atoms with Crippen molar-refractivity contribution in [3.05, 3.63) is 130 Å². The number of carbonyl (C=O) groups is 2. The summed E-state index contributed by atoms with van der Waals surface area (Å²) in [5, 5.41) is 9.28. The maximum Gasteiger partial charge on any atom is 0.303 e. The number of aliphatic imine (C=N–C) groups is 2. The summed E-state index contributed by atoms with van der Waals surface area (Å²) in [6, 6.07) is 21.1. The number of hydrogen-bond donors (Lipinski definition) is 1. The van der Waals surface area contributed by atoms with Crippen molar-refractivity contribution >= 4 is 52.4 Å². The number of fused-ring (bicyclic) bond motifs is 7. The van der Waals surface area contributed by atoms with Crippen LogP contribution in [0.3, 0.4) is 0 Å². The number of anilines is 2. The van der Waals surface area contributed by atoms with Crippen LogP contribution in [0.25, 0.3) is 5.70 Å². The van der Waals surface area contributed by atoms with E-state index in [0.29, 0.717) is 59.3 Å². The molecule has 1 aliphatic carbocycles. The van der Waals surface area contributed by atoms with E-state index in [0.717, 1.165) is 64.3 Å². The highest BCUT2D eigenvalue weighted by Crippen LogP contribution is 2.47. The zero-order valence-corrected chi connectivity index (χ0v) is 33.9. The fourth-order valence-corrected chi connectivity index (χ4v) is 8.58. The molecule has 0 fully saturated rings. The second-order valence-electron chi connectivity index (χ2n) is 15.4. The van der Waals surface area contributed by atoms with Gasteiger partial charge in [0.15, 0.2) is 23.0 Å². The molecule has 4 aromatic rings. The summed E-state index contributed by atoms with van der Waals surface area (Å²) in [5.41, 5.74) is 11.4. The number of rotatable bonds is 13. The number of allylic oxidation sites excluding steroid dienone is 4. The van der Waals surface area contributed by atoms with Crippen molar-refractivity contribution in [2.24, 2.45) is 9.98 Å². The third-order valence-corrected chi connectivity index (χ3v) is 11.6. The number of nitrogens with zero attached hydrogens (tertiary/aromatic N) is 5. The summed E-state index contributed by atoms with van der Waals surface area (Å²) < 4.78 is 24.5. The number of benzene rings is 4. The lowest BCUT2D eigenvalue weighted by molar-refractivity contribution is -0.137. The Kier molecular flexibility index (Phi) is 10.2. The molecule has 4 aromatic carbocycles. The third kappa shape index (κ3) is 7.20. The van der Waals surface area contributed by atoms with Crippen molar-refractivity contribution in [1.29, 1.82) is 0 Å². The van der Waals surface area contributed by atoms with E-state index in [1.165, 1.54) is 11.3 Å². The zero-order valence-electron chi connectivity index (χ0n) is 33.9. The van der Waals surface area contributed by atoms with E-state index >= 15 is 0 Å². The van der Waals surface area contributed by atoms with Crippen molar-refractivity contribution < 1.29 is 33.6 Å². The van der Waals surface area contributed by atoms with Crippen molar-refractivity contribution in [2.75, 3.05) is 37.6 Å². The Morgan fingerprint density at radius 3 is 2.40 bits per heavy atom. The first-order valence-corrected chi connectivity index (χ1v) is 20.1. The SMILES string of the molecule is C=C1c2cc(OC)c(OCc3cc(COc4cc5c(cc4OC)C(=O)N4c6ccccc6CC4C=N5)cc(N(C)CCCC(=O)O)c3)cc2N=C=C2CC3=C(CCC=C3)N12. The minimum atomic E-state index is -0.835. The average molecular weight is 804 g/mol. The smallest absolute Gasteiger partial charge is 0.303 e. The van der Waals surface area contributed by atoms with Gasteiger partial charge in [-0.05, 0) is 77.9 Å². The molecule has 4 aliphatic heterocycles. The number of carboxylic acid groups (broad SMARTS) is 1. The highest BCUT2D eigenvalue weighted by atomic mass is 16.5. The van der Waals surface area contributed by atoms with Crippen LogP contribution in [0.5, 0.6) is 23.0 Å². The second kappa shape index (κ2) is 16.0. The van der Waals surface area contributed by atoms with Crippen molar-refractivity contribution in [2.45, 2.75) is 57.8 Å². The van der Waals surface area contributed by atoms with Gasteiger partial charge in [0.25, 0.3) is 5.91 Å². The van der Waals surface area contributed by atoms with Crippen LogP contribution in [-0.4, -0.2) is 67.8 Å². The third-order valence-electron chi connectivity index (χ3n) is 11.6. The lowest BCUT2D eigenvalue weighted by atomic mass is 10.0. The van der Waals surface area contributed by atoms with Gasteiger partial charge in [-0.2, -0.15) is 0 Å². The maximum atomic E-state index is 14.0. The predicted octanol–water partition coefficient (Wildman–Crippen LogP) is 8.93. The Balaban J connectivity index is 0.975. The predicted molar refractivity (Wildman–Crippen MR) is 232 cm³/mol. The average Bonchev–Trinajstić information content (AvgIpc) is 3.75. The van der Waals surface area contributed by atoms with E-state index in [1.54, 1.807) is 31.3 Å². The molecule has 1 atom stereocenters. The van der Waals surface area contributed by atoms with E-state index in [9.17, 15) is 14.7 Å². The molecule has 1 amide bonds. The van der Waals surface area contributed by atoms with Crippen LogP contribution in [-0.2, 0) is 24.4 Å². The first-order chi connectivity index (χ1) is 29.2. The van der Waals surface area contributed by atoms with Gasteiger partial charge >= 0.3 is 5.97 Å². The van der Waals surface area contributed by atoms with Crippen molar-refractivity contribution in [3.63, 3.8) is 0 Å². The lowest BCUT2D eigenvalue weighted by Gasteiger charge is -2.26. The summed E-state index contributed by atoms with van der Waals surface area (Å²) in [4.78, 5) is 40.8. The monoisotopic (exact) mass is 803 g/mol. The number of carbonyl (C=O) groups excluding carboxylic acids is 1. The fraction of sp³-hybridized carbons (Fsp3) is 0.271. The Morgan fingerprint density at radius 1 is 0.950 bits per heavy atom. The molecule has 4 heterocycles. The van der Waals surface area contributed by atoms with Crippen LogP contribution >= 0.6 is 0 Å². The maximum absolute atomic E-state index is 14.0. The van der Waals surface area contributed by atoms with Gasteiger partial charge in [0.1, 0.15) is 13.2 Å². The van der Waals surface area contributed by atoms with Crippen LogP contribution in [0.4, 0.5) is 22.7 Å². The molecule has 0 bridgehead atoms. The van der Waals surface area contributed by atoms with E-state index in [2.05, 4.69) is 29.5 Å².